The lowest BCUT2D eigenvalue weighted by Crippen LogP contribution is -2.24. The maximum Gasteiger partial charge on any atom is 0.119 e. The van der Waals surface area contributed by atoms with E-state index in [0.717, 1.165) is 31.8 Å². The minimum absolute atomic E-state index is 0.0645. The topological polar surface area (TPSA) is 32.7 Å². The number of fused-ring (bicyclic) bond motifs is 1. The zero-order valence-electron chi connectivity index (χ0n) is 10.9. The van der Waals surface area contributed by atoms with Gasteiger partial charge in [-0.15, -0.1) is 0 Å². The molecule has 1 heterocycles. The Morgan fingerprint density at radius 1 is 1.33 bits per heavy atom. The van der Waals surface area contributed by atoms with Crippen molar-refractivity contribution in [2.24, 2.45) is 11.8 Å². The van der Waals surface area contributed by atoms with Gasteiger partial charge in [-0.25, -0.2) is 0 Å². The first-order valence-corrected chi connectivity index (χ1v) is 6.79. The van der Waals surface area contributed by atoms with Gasteiger partial charge in [-0.05, 0) is 36.5 Å². The number of nitrogens with zero attached hydrogens (tertiary/aromatic N) is 1. The first kappa shape index (κ1) is 12.0. The molecule has 3 heteroatoms. The van der Waals surface area contributed by atoms with Crippen LogP contribution in [0.15, 0.2) is 24.3 Å². The fourth-order valence-electron chi connectivity index (χ4n) is 3.49. The van der Waals surface area contributed by atoms with Gasteiger partial charge in [0.25, 0.3) is 0 Å². The van der Waals surface area contributed by atoms with E-state index in [2.05, 4.69) is 17.0 Å². The quantitative estimate of drug-likeness (QED) is 0.885. The summed E-state index contributed by atoms with van der Waals surface area (Å²) in [4.78, 5) is 2.46. The lowest BCUT2D eigenvalue weighted by atomic mass is 10.00. The van der Waals surface area contributed by atoms with Crippen molar-refractivity contribution < 1.29 is 9.84 Å². The van der Waals surface area contributed by atoms with E-state index in [1.54, 1.807) is 7.11 Å². The number of likely N-dealkylation sites (tertiary alicyclic amines) is 1. The zero-order chi connectivity index (χ0) is 12.5. The summed E-state index contributed by atoms with van der Waals surface area (Å²) in [6.07, 6.45) is 2.13. The van der Waals surface area contributed by atoms with Crippen LogP contribution in [-0.4, -0.2) is 36.3 Å². The Bertz CT molecular complexity index is 421. The molecule has 1 aliphatic carbocycles. The van der Waals surface area contributed by atoms with Gasteiger partial charge in [-0.3, -0.25) is 4.90 Å². The van der Waals surface area contributed by atoms with E-state index in [1.807, 2.05) is 12.1 Å². The molecule has 98 valence electrons. The Hall–Kier alpha value is -1.06. The molecule has 3 atom stereocenters. The van der Waals surface area contributed by atoms with Crippen LogP contribution in [-0.2, 0) is 6.54 Å². The molecule has 0 spiro atoms. The van der Waals surface area contributed by atoms with Crippen molar-refractivity contribution in [3.8, 4) is 5.75 Å². The molecular weight excluding hydrogens is 226 g/mol. The summed E-state index contributed by atoms with van der Waals surface area (Å²) in [6.45, 7) is 3.15. The molecular formula is C15H21NO2. The number of rotatable bonds is 3. The lowest BCUT2D eigenvalue weighted by Gasteiger charge is -2.18. The molecule has 3 unspecified atom stereocenters. The predicted octanol–water partition coefficient (Wildman–Crippen LogP) is 1.90. The number of hydrogen-bond acceptors (Lipinski definition) is 3. The number of aliphatic hydroxyl groups is 1. The molecule has 18 heavy (non-hydrogen) atoms. The van der Waals surface area contributed by atoms with Gasteiger partial charge in [-0.1, -0.05) is 12.1 Å². The highest BCUT2D eigenvalue weighted by molar-refractivity contribution is 5.28. The predicted molar refractivity (Wildman–Crippen MR) is 70.5 cm³/mol. The van der Waals surface area contributed by atoms with Crippen LogP contribution in [0, 0.1) is 11.8 Å². The molecule has 1 aromatic carbocycles. The SMILES string of the molecule is COc1cccc(CN2CC3CCC(O)C3C2)c1. The first-order chi connectivity index (χ1) is 8.76. The normalized spacial score (nSPS) is 31.6. The number of hydrogen-bond donors (Lipinski definition) is 1. The van der Waals surface area contributed by atoms with Gasteiger partial charge in [0.1, 0.15) is 5.75 Å². The van der Waals surface area contributed by atoms with Gasteiger partial charge in [0.15, 0.2) is 0 Å². The summed E-state index contributed by atoms with van der Waals surface area (Å²) in [5.41, 5.74) is 1.30. The van der Waals surface area contributed by atoms with Crippen molar-refractivity contribution in [3.63, 3.8) is 0 Å². The number of ether oxygens (including phenoxy) is 1. The van der Waals surface area contributed by atoms with Gasteiger partial charge < -0.3 is 9.84 Å². The summed E-state index contributed by atoms with van der Waals surface area (Å²) in [5.74, 6) is 2.15. The Kier molecular flexibility index (Phi) is 3.27. The van der Waals surface area contributed by atoms with Crippen LogP contribution in [0.5, 0.6) is 5.75 Å². The highest BCUT2D eigenvalue weighted by Crippen LogP contribution is 2.38. The largest absolute Gasteiger partial charge is 0.497 e. The lowest BCUT2D eigenvalue weighted by molar-refractivity contribution is 0.123. The summed E-state index contributed by atoms with van der Waals surface area (Å²) in [5, 5.41) is 9.92. The molecule has 3 rings (SSSR count). The second kappa shape index (κ2) is 4.90. The average molecular weight is 247 g/mol. The highest BCUT2D eigenvalue weighted by atomic mass is 16.5. The summed E-state index contributed by atoms with van der Waals surface area (Å²) < 4.78 is 5.25. The molecule has 0 radical (unpaired) electrons. The molecule has 1 aliphatic heterocycles. The molecule has 1 N–H and O–H groups in total. The molecule has 1 saturated heterocycles. The van der Waals surface area contributed by atoms with Crippen LogP contribution in [0.3, 0.4) is 0 Å². The number of benzene rings is 1. The summed E-state index contributed by atoms with van der Waals surface area (Å²) in [7, 11) is 1.70. The fraction of sp³-hybridized carbons (Fsp3) is 0.600. The van der Waals surface area contributed by atoms with Gasteiger partial charge in [0.2, 0.25) is 0 Å². The maximum atomic E-state index is 9.92. The van der Waals surface area contributed by atoms with Crippen molar-refractivity contribution >= 4 is 0 Å². The Balaban J connectivity index is 1.64. The van der Waals surface area contributed by atoms with Crippen LogP contribution in [0.2, 0.25) is 0 Å². The van der Waals surface area contributed by atoms with Crippen molar-refractivity contribution in [1.29, 1.82) is 0 Å². The molecule has 0 aromatic heterocycles. The third-order valence-electron chi connectivity index (χ3n) is 4.44. The molecule has 1 aromatic rings. The van der Waals surface area contributed by atoms with E-state index in [4.69, 9.17) is 4.74 Å². The standard InChI is InChI=1S/C15H21NO2/c1-18-13-4-2-3-11(7-13)8-16-9-12-5-6-15(17)14(12)10-16/h2-4,7,12,14-15,17H,5-6,8-10H2,1H3. The van der Waals surface area contributed by atoms with Crippen LogP contribution in [0.25, 0.3) is 0 Å². The van der Waals surface area contributed by atoms with Crippen LogP contribution >= 0.6 is 0 Å². The maximum absolute atomic E-state index is 9.92. The van der Waals surface area contributed by atoms with Crippen molar-refractivity contribution in [1.82, 2.24) is 4.90 Å². The van der Waals surface area contributed by atoms with Crippen LogP contribution in [0.4, 0.5) is 0 Å². The Morgan fingerprint density at radius 2 is 2.22 bits per heavy atom. The summed E-state index contributed by atoms with van der Waals surface area (Å²) >= 11 is 0. The Labute approximate surface area is 108 Å². The summed E-state index contributed by atoms with van der Waals surface area (Å²) in [6, 6.07) is 8.27. The number of methoxy groups -OCH3 is 1. The minimum atomic E-state index is -0.0645. The van der Waals surface area contributed by atoms with E-state index in [-0.39, 0.29) is 6.10 Å². The molecule has 0 amide bonds. The van der Waals surface area contributed by atoms with Crippen molar-refractivity contribution in [2.45, 2.75) is 25.5 Å². The third-order valence-corrected chi connectivity index (χ3v) is 4.44. The zero-order valence-corrected chi connectivity index (χ0v) is 10.9. The fourth-order valence-corrected chi connectivity index (χ4v) is 3.49. The van der Waals surface area contributed by atoms with Gasteiger partial charge in [0.05, 0.1) is 13.2 Å². The van der Waals surface area contributed by atoms with E-state index in [1.165, 1.54) is 12.0 Å². The van der Waals surface area contributed by atoms with Gasteiger partial charge >= 0.3 is 0 Å². The second-order valence-corrected chi connectivity index (χ2v) is 5.61. The van der Waals surface area contributed by atoms with Crippen LogP contribution < -0.4 is 4.74 Å². The first-order valence-electron chi connectivity index (χ1n) is 6.79. The number of aliphatic hydroxyl groups excluding tert-OH is 1. The van der Waals surface area contributed by atoms with Gasteiger partial charge in [-0.2, -0.15) is 0 Å². The molecule has 1 saturated carbocycles. The van der Waals surface area contributed by atoms with E-state index >= 15 is 0 Å². The minimum Gasteiger partial charge on any atom is -0.497 e. The third kappa shape index (κ3) is 2.25. The van der Waals surface area contributed by atoms with E-state index in [0.29, 0.717) is 11.8 Å². The highest BCUT2D eigenvalue weighted by Gasteiger charge is 2.41. The second-order valence-electron chi connectivity index (χ2n) is 5.61. The van der Waals surface area contributed by atoms with Crippen LogP contribution in [0.1, 0.15) is 18.4 Å². The molecule has 2 aliphatic rings. The van der Waals surface area contributed by atoms with Gasteiger partial charge in [0, 0.05) is 25.6 Å². The van der Waals surface area contributed by atoms with Crippen molar-refractivity contribution in [3.05, 3.63) is 29.8 Å². The molecule has 3 nitrogen and oxygen atoms in total. The van der Waals surface area contributed by atoms with Crippen molar-refractivity contribution in [2.75, 3.05) is 20.2 Å². The smallest absolute Gasteiger partial charge is 0.119 e. The van der Waals surface area contributed by atoms with E-state index < -0.39 is 0 Å². The van der Waals surface area contributed by atoms with E-state index in [9.17, 15) is 5.11 Å². The molecule has 0 bridgehead atoms. The monoisotopic (exact) mass is 247 g/mol. The average Bonchev–Trinajstić information content (AvgIpc) is 2.92. The Morgan fingerprint density at radius 3 is 3.00 bits per heavy atom. The molecule has 2 fully saturated rings.